The molecule has 1 heterocycles. The zero-order valence-corrected chi connectivity index (χ0v) is 15.2. The molecule has 0 radical (unpaired) electrons. The van der Waals surface area contributed by atoms with E-state index in [1.165, 1.54) is 32.4 Å². The quantitative estimate of drug-likeness (QED) is 0.774. The lowest BCUT2D eigenvalue weighted by molar-refractivity contribution is -0.121. The predicted octanol–water partition coefficient (Wildman–Crippen LogP) is 1.26. The highest BCUT2D eigenvalue weighted by Crippen LogP contribution is 2.28. The van der Waals surface area contributed by atoms with Gasteiger partial charge in [-0.15, -0.1) is 0 Å². The van der Waals surface area contributed by atoms with Gasteiger partial charge < -0.3 is 14.8 Å². The maximum Gasteiger partial charge on any atom is 0.247 e. The molecule has 9 heteroatoms. The number of carbonyl (C=O) groups excluding carboxylic acids is 1. The van der Waals surface area contributed by atoms with E-state index < -0.39 is 15.9 Å². The number of methoxy groups -OCH3 is 1. The number of benzene rings is 1. The van der Waals surface area contributed by atoms with Crippen molar-refractivity contribution in [2.24, 2.45) is 0 Å². The largest absolute Gasteiger partial charge is 0.495 e. The highest BCUT2D eigenvalue weighted by molar-refractivity contribution is 7.89. The van der Waals surface area contributed by atoms with Gasteiger partial charge in [0.2, 0.25) is 15.9 Å². The van der Waals surface area contributed by atoms with Gasteiger partial charge in [-0.05, 0) is 31.0 Å². The molecule has 0 aromatic heterocycles. The summed E-state index contributed by atoms with van der Waals surface area (Å²) >= 11 is 5.88. The molecule has 1 atom stereocenters. The molecule has 0 saturated carbocycles. The lowest BCUT2D eigenvalue weighted by Gasteiger charge is -2.19. The van der Waals surface area contributed by atoms with Crippen LogP contribution in [0.3, 0.4) is 0 Å². The molecule has 1 saturated heterocycles. The monoisotopic (exact) mass is 376 g/mol. The molecule has 1 fully saturated rings. The molecule has 2 rings (SSSR count). The number of nitrogens with zero attached hydrogens (tertiary/aromatic N) is 1. The van der Waals surface area contributed by atoms with Crippen molar-refractivity contribution in [2.45, 2.75) is 23.8 Å². The molecule has 1 N–H and O–H groups in total. The molecule has 1 aliphatic rings. The Morgan fingerprint density at radius 2 is 2.25 bits per heavy atom. The van der Waals surface area contributed by atoms with Crippen LogP contribution >= 0.6 is 11.6 Å². The highest BCUT2D eigenvalue weighted by atomic mass is 35.5. The Labute approximate surface area is 146 Å². The second kappa shape index (κ2) is 8.15. The Bertz CT molecular complexity index is 689. The smallest absolute Gasteiger partial charge is 0.247 e. The van der Waals surface area contributed by atoms with Gasteiger partial charge in [-0.25, -0.2) is 8.42 Å². The van der Waals surface area contributed by atoms with Crippen LogP contribution in [0.15, 0.2) is 23.1 Å². The van der Waals surface area contributed by atoms with Gasteiger partial charge in [0.15, 0.2) is 0 Å². The Morgan fingerprint density at radius 1 is 1.50 bits per heavy atom. The van der Waals surface area contributed by atoms with Crippen molar-refractivity contribution in [3.63, 3.8) is 0 Å². The summed E-state index contributed by atoms with van der Waals surface area (Å²) < 4.78 is 36.7. The van der Waals surface area contributed by atoms with E-state index in [1.54, 1.807) is 0 Å². The fourth-order valence-corrected chi connectivity index (χ4v) is 3.94. The van der Waals surface area contributed by atoms with Crippen molar-refractivity contribution < 1.29 is 22.7 Å². The van der Waals surface area contributed by atoms with Crippen molar-refractivity contribution in [3.05, 3.63) is 23.2 Å². The number of carbonyl (C=O) groups is 1. The number of sulfonamides is 1. The SMILES string of the molecule is COc1ccc(Cl)cc1S(=O)(=O)N(C)CC(=O)NCC1CCCO1. The number of hydrogen-bond donors (Lipinski definition) is 1. The maximum atomic E-state index is 12.6. The van der Waals surface area contributed by atoms with Crippen LogP contribution in [0.2, 0.25) is 5.02 Å². The summed E-state index contributed by atoms with van der Waals surface area (Å²) in [6.07, 6.45) is 1.88. The summed E-state index contributed by atoms with van der Waals surface area (Å²) in [7, 11) is -1.20. The average molecular weight is 377 g/mol. The van der Waals surface area contributed by atoms with Crippen molar-refractivity contribution in [3.8, 4) is 5.75 Å². The normalized spacial score (nSPS) is 17.9. The minimum atomic E-state index is -3.90. The molecular weight excluding hydrogens is 356 g/mol. The fourth-order valence-electron chi connectivity index (χ4n) is 2.40. The average Bonchev–Trinajstić information content (AvgIpc) is 3.06. The molecule has 0 bridgehead atoms. The van der Waals surface area contributed by atoms with Gasteiger partial charge in [0.25, 0.3) is 0 Å². The third kappa shape index (κ3) is 4.60. The van der Waals surface area contributed by atoms with E-state index in [0.29, 0.717) is 13.2 Å². The van der Waals surface area contributed by atoms with Gasteiger partial charge >= 0.3 is 0 Å². The second-order valence-corrected chi connectivity index (χ2v) is 7.95. The van der Waals surface area contributed by atoms with E-state index in [1.807, 2.05) is 0 Å². The zero-order valence-electron chi connectivity index (χ0n) is 13.6. The van der Waals surface area contributed by atoms with Gasteiger partial charge in [0, 0.05) is 25.2 Å². The van der Waals surface area contributed by atoms with Gasteiger partial charge in [0.1, 0.15) is 10.6 Å². The van der Waals surface area contributed by atoms with Crippen LogP contribution < -0.4 is 10.1 Å². The van der Waals surface area contributed by atoms with Gasteiger partial charge in [0.05, 0.1) is 19.8 Å². The Kier molecular flexibility index (Phi) is 6.45. The van der Waals surface area contributed by atoms with Gasteiger partial charge in [-0.3, -0.25) is 4.79 Å². The first-order valence-electron chi connectivity index (χ1n) is 7.52. The van der Waals surface area contributed by atoms with E-state index in [9.17, 15) is 13.2 Å². The first-order valence-corrected chi connectivity index (χ1v) is 9.34. The molecule has 1 unspecified atom stereocenters. The van der Waals surface area contributed by atoms with Crippen molar-refractivity contribution in [1.29, 1.82) is 0 Å². The maximum absolute atomic E-state index is 12.6. The Morgan fingerprint density at radius 3 is 2.88 bits per heavy atom. The fraction of sp³-hybridized carbons (Fsp3) is 0.533. The topological polar surface area (TPSA) is 84.9 Å². The van der Waals surface area contributed by atoms with Crippen LogP contribution in [0.4, 0.5) is 0 Å². The minimum absolute atomic E-state index is 0.00360. The summed E-state index contributed by atoms with van der Waals surface area (Å²) in [4.78, 5) is 11.9. The zero-order chi connectivity index (χ0) is 17.7. The molecular formula is C15H21ClN2O5S. The Balaban J connectivity index is 2.03. The van der Waals surface area contributed by atoms with Crippen LogP contribution in [0.25, 0.3) is 0 Å². The third-order valence-electron chi connectivity index (χ3n) is 3.73. The predicted molar refractivity (Wildman–Crippen MR) is 89.8 cm³/mol. The number of halogens is 1. The van der Waals surface area contributed by atoms with Crippen LogP contribution in [-0.2, 0) is 19.6 Å². The van der Waals surface area contributed by atoms with Crippen LogP contribution in [0.1, 0.15) is 12.8 Å². The molecule has 1 aromatic rings. The van der Waals surface area contributed by atoms with E-state index in [4.69, 9.17) is 21.1 Å². The van der Waals surface area contributed by atoms with Crippen molar-refractivity contribution in [1.82, 2.24) is 9.62 Å². The number of ether oxygens (including phenoxy) is 2. The van der Waals surface area contributed by atoms with Crippen LogP contribution in [0, 0.1) is 0 Å². The standard InChI is InChI=1S/C15H21ClN2O5S/c1-18(10-15(19)17-9-12-4-3-7-23-12)24(20,21)14-8-11(16)5-6-13(14)22-2/h5-6,8,12H,3-4,7,9-10H2,1-2H3,(H,17,19). The van der Waals surface area contributed by atoms with E-state index in [0.717, 1.165) is 17.1 Å². The van der Waals surface area contributed by atoms with E-state index in [2.05, 4.69) is 5.32 Å². The lowest BCUT2D eigenvalue weighted by atomic mass is 10.2. The summed E-state index contributed by atoms with van der Waals surface area (Å²) in [5.41, 5.74) is 0. The van der Waals surface area contributed by atoms with Crippen molar-refractivity contribution in [2.75, 3.05) is 33.9 Å². The van der Waals surface area contributed by atoms with E-state index >= 15 is 0 Å². The minimum Gasteiger partial charge on any atom is -0.495 e. The summed E-state index contributed by atoms with van der Waals surface area (Å²) in [5, 5.41) is 2.96. The lowest BCUT2D eigenvalue weighted by Crippen LogP contribution is -2.40. The first kappa shape index (κ1) is 19.0. The summed E-state index contributed by atoms with van der Waals surface area (Å²) in [6, 6.07) is 4.31. The van der Waals surface area contributed by atoms with Gasteiger partial charge in [-0.1, -0.05) is 11.6 Å². The second-order valence-electron chi connectivity index (χ2n) is 5.50. The third-order valence-corrected chi connectivity index (χ3v) is 5.79. The molecule has 0 spiro atoms. The van der Waals surface area contributed by atoms with Crippen LogP contribution in [0.5, 0.6) is 5.75 Å². The summed E-state index contributed by atoms with van der Waals surface area (Å²) in [5.74, 6) is -0.219. The summed E-state index contributed by atoms with van der Waals surface area (Å²) in [6.45, 7) is 0.779. The van der Waals surface area contributed by atoms with Crippen LogP contribution in [-0.4, -0.2) is 58.6 Å². The first-order chi connectivity index (χ1) is 11.3. The van der Waals surface area contributed by atoms with Gasteiger partial charge in [-0.2, -0.15) is 4.31 Å². The Hall–Kier alpha value is -1.35. The molecule has 1 aromatic carbocycles. The number of rotatable bonds is 7. The molecule has 1 amide bonds. The van der Waals surface area contributed by atoms with Crippen molar-refractivity contribution >= 4 is 27.5 Å². The molecule has 1 aliphatic heterocycles. The number of likely N-dealkylation sites (N-methyl/N-ethyl adjacent to an activating group) is 1. The molecule has 24 heavy (non-hydrogen) atoms. The number of nitrogens with one attached hydrogen (secondary N) is 1. The van der Waals surface area contributed by atoms with E-state index in [-0.39, 0.29) is 28.3 Å². The molecule has 7 nitrogen and oxygen atoms in total. The number of hydrogen-bond acceptors (Lipinski definition) is 5. The highest BCUT2D eigenvalue weighted by Gasteiger charge is 2.27. The number of amides is 1. The molecule has 134 valence electrons. The molecule has 0 aliphatic carbocycles.